The Labute approximate surface area is 161 Å². The number of nitrogens with zero attached hydrogens (tertiary/aromatic N) is 2. The van der Waals surface area contributed by atoms with E-state index < -0.39 is 21.5 Å². The first-order valence-electron chi connectivity index (χ1n) is 8.36. The van der Waals surface area contributed by atoms with Gasteiger partial charge in [-0.3, -0.25) is 4.79 Å². The van der Waals surface area contributed by atoms with Crippen LogP contribution < -0.4 is 10.1 Å². The number of nitrogens with one attached hydrogen (secondary N) is 1. The van der Waals surface area contributed by atoms with Crippen molar-refractivity contribution in [3.63, 3.8) is 0 Å². The van der Waals surface area contributed by atoms with Crippen LogP contribution >= 0.6 is 0 Å². The van der Waals surface area contributed by atoms with E-state index in [-0.39, 0.29) is 22.9 Å². The van der Waals surface area contributed by atoms with E-state index in [4.69, 9.17) is 13.8 Å². The second kappa shape index (κ2) is 7.85. The van der Waals surface area contributed by atoms with Gasteiger partial charge in [0.25, 0.3) is 0 Å². The first-order chi connectivity index (χ1) is 13.3. The molecule has 0 saturated carbocycles. The summed E-state index contributed by atoms with van der Waals surface area (Å²) in [5, 5.41) is 9.94. The summed E-state index contributed by atoms with van der Waals surface area (Å²) >= 11 is 0. The maximum atomic E-state index is 12.8. The predicted octanol–water partition coefficient (Wildman–Crippen LogP) is 2.76. The lowest BCUT2D eigenvalue weighted by atomic mass is 10.1. The number of hydrogen-bond donors (Lipinski definition) is 1. The van der Waals surface area contributed by atoms with Crippen molar-refractivity contribution in [1.29, 1.82) is 0 Å². The van der Waals surface area contributed by atoms with Crippen LogP contribution in [0.15, 0.2) is 44.3 Å². The highest BCUT2D eigenvalue weighted by Gasteiger charge is 2.23. The number of hydrogen-bond acceptors (Lipinski definition) is 8. The van der Waals surface area contributed by atoms with Crippen LogP contribution in [0.1, 0.15) is 17.9 Å². The fourth-order valence-corrected chi connectivity index (χ4v) is 3.98. The molecule has 0 radical (unpaired) electrons. The van der Waals surface area contributed by atoms with Crippen molar-refractivity contribution in [2.45, 2.75) is 25.2 Å². The number of aryl methyl sites for hydroxylation is 2. The Morgan fingerprint density at radius 3 is 2.54 bits per heavy atom. The van der Waals surface area contributed by atoms with Crippen molar-refractivity contribution >= 4 is 21.6 Å². The number of amides is 1. The maximum absolute atomic E-state index is 12.8. The fourth-order valence-electron chi connectivity index (χ4n) is 2.54. The molecule has 28 heavy (non-hydrogen) atoms. The van der Waals surface area contributed by atoms with E-state index in [1.165, 1.54) is 25.3 Å². The minimum atomic E-state index is -3.80. The topological polar surface area (TPSA) is 125 Å². The minimum Gasteiger partial charge on any atom is -0.495 e. The largest absolute Gasteiger partial charge is 0.495 e. The summed E-state index contributed by atoms with van der Waals surface area (Å²) in [5.74, 6) is 0.513. The van der Waals surface area contributed by atoms with Gasteiger partial charge in [0, 0.05) is 24.1 Å². The molecule has 10 heteroatoms. The predicted molar refractivity (Wildman–Crippen MR) is 99.8 cm³/mol. The molecule has 0 bridgehead atoms. The van der Waals surface area contributed by atoms with Gasteiger partial charge in [-0.15, -0.1) is 0 Å². The van der Waals surface area contributed by atoms with Gasteiger partial charge in [-0.25, -0.2) is 8.42 Å². The maximum Gasteiger partial charge on any atom is 0.226 e. The quantitative estimate of drug-likeness (QED) is 0.636. The molecule has 3 aromatic rings. The molecule has 3 rings (SSSR count). The van der Waals surface area contributed by atoms with Gasteiger partial charge in [0.05, 0.1) is 18.6 Å². The van der Waals surface area contributed by atoms with E-state index in [1.54, 1.807) is 26.0 Å². The van der Waals surface area contributed by atoms with Crippen LogP contribution in [0.5, 0.6) is 5.75 Å². The van der Waals surface area contributed by atoms with Crippen molar-refractivity contribution in [2.75, 3.05) is 18.2 Å². The highest BCUT2D eigenvalue weighted by atomic mass is 32.2. The summed E-state index contributed by atoms with van der Waals surface area (Å²) in [6.07, 6.45) is -0.247. The fraction of sp³-hybridized carbons (Fsp3) is 0.278. The van der Waals surface area contributed by atoms with Gasteiger partial charge in [-0.2, -0.15) is 0 Å². The molecule has 1 aromatic carbocycles. The van der Waals surface area contributed by atoms with E-state index in [0.29, 0.717) is 22.8 Å². The first kappa shape index (κ1) is 19.6. The molecule has 0 saturated heterocycles. The van der Waals surface area contributed by atoms with Gasteiger partial charge >= 0.3 is 0 Å². The minimum absolute atomic E-state index is 0.0216. The zero-order valence-electron chi connectivity index (χ0n) is 15.6. The van der Waals surface area contributed by atoms with Crippen LogP contribution in [0.2, 0.25) is 0 Å². The Morgan fingerprint density at radius 1 is 1.14 bits per heavy atom. The third-order valence-electron chi connectivity index (χ3n) is 3.90. The lowest BCUT2D eigenvalue weighted by Gasteiger charge is -2.11. The summed E-state index contributed by atoms with van der Waals surface area (Å²) < 4.78 is 40.9. The van der Waals surface area contributed by atoms with Gasteiger partial charge in [-0.05, 0) is 32.0 Å². The van der Waals surface area contributed by atoms with Crippen molar-refractivity contribution in [2.24, 2.45) is 0 Å². The number of benzene rings is 1. The standard InChI is InChI=1S/C18H19N3O6S/c1-11-8-15(27-20-11)13-4-5-14(25-3)16(10-13)28(23,24)7-6-18(22)19-17-9-12(2)26-21-17/h4-5,8-10H,6-7H2,1-3H3,(H,19,21,22). The summed E-state index contributed by atoms with van der Waals surface area (Å²) in [6, 6.07) is 7.91. The first-order valence-corrected chi connectivity index (χ1v) is 10.0. The summed E-state index contributed by atoms with van der Waals surface area (Å²) in [7, 11) is -2.42. The van der Waals surface area contributed by atoms with E-state index in [2.05, 4.69) is 15.6 Å². The molecular formula is C18H19N3O6S. The number of aromatic nitrogens is 2. The average Bonchev–Trinajstić information content (AvgIpc) is 3.27. The highest BCUT2D eigenvalue weighted by molar-refractivity contribution is 7.91. The number of carbonyl (C=O) groups excluding carboxylic acids is 1. The molecule has 1 N–H and O–H groups in total. The van der Waals surface area contributed by atoms with Gasteiger partial charge in [0.1, 0.15) is 16.4 Å². The molecule has 0 fully saturated rings. The number of anilines is 1. The molecule has 9 nitrogen and oxygen atoms in total. The second-order valence-corrected chi connectivity index (χ2v) is 8.22. The third kappa shape index (κ3) is 4.39. The van der Waals surface area contributed by atoms with Crippen molar-refractivity contribution in [1.82, 2.24) is 10.3 Å². The Balaban J connectivity index is 1.78. The van der Waals surface area contributed by atoms with E-state index >= 15 is 0 Å². The average molecular weight is 405 g/mol. The van der Waals surface area contributed by atoms with Crippen molar-refractivity contribution in [3.05, 3.63) is 41.8 Å². The van der Waals surface area contributed by atoms with Crippen LogP contribution in [-0.2, 0) is 14.6 Å². The summed E-state index contributed by atoms with van der Waals surface area (Å²) in [5.41, 5.74) is 1.22. The number of methoxy groups -OCH3 is 1. The smallest absolute Gasteiger partial charge is 0.226 e. The molecule has 2 aromatic heterocycles. The third-order valence-corrected chi connectivity index (χ3v) is 5.64. The van der Waals surface area contributed by atoms with Gasteiger partial charge < -0.3 is 19.1 Å². The number of rotatable bonds is 7. The molecule has 0 aliphatic heterocycles. The Hall–Kier alpha value is -3.14. The number of sulfone groups is 1. The monoisotopic (exact) mass is 405 g/mol. The number of carbonyl (C=O) groups is 1. The Bertz CT molecular complexity index is 1100. The molecular weight excluding hydrogens is 386 g/mol. The SMILES string of the molecule is COc1ccc(-c2cc(C)no2)cc1S(=O)(=O)CCC(=O)Nc1cc(C)on1. The molecule has 0 atom stereocenters. The normalized spacial score (nSPS) is 11.4. The Kier molecular flexibility index (Phi) is 5.50. The van der Waals surface area contributed by atoms with Gasteiger partial charge in [0.15, 0.2) is 21.4 Å². The molecule has 0 unspecified atom stereocenters. The van der Waals surface area contributed by atoms with Gasteiger partial charge in [-0.1, -0.05) is 10.3 Å². The van der Waals surface area contributed by atoms with Crippen molar-refractivity contribution < 1.29 is 27.0 Å². The number of ether oxygens (including phenoxy) is 1. The molecule has 0 aliphatic rings. The van der Waals surface area contributed by atoms with Crippen LogP contribution in [0.4, 0.5) is 5.82 Å². The van der Waals surface area contributed by atoms with Gasteiger partial charge in [0.2, 0.25) is 5.91 Å². The van der Waals surface area contributed by atoms with E-state index in [9.17, 15) is 13.2 Å². The lowest BCUT2D eigenvalue weighted by molar-refractivity contribution is -0.115. The molecule has 0 spiro atoms. The van der Waals surface area contributed by atoms with Crippen LogP contribution in [0, 0.1) is 13.8 Å². The Morgan fingerprint density at radius 2 is 1.93 bits per heavy atom. The second-order valence-electron chi connectivity index (χ2n) is 6.14. The van der Waals surface area contributed by atoms with Crippen LogP contribution in [-0.4, -0.2) is 37.5 Å². The zero-order valence-corrected chi connectivity index (χ0v) is 16.4. The van der Waals surface area contributed by atoms with E-state index in [1.807, 2.05) is 0 Å². The molecule has 1 amide bonds. The van der Waals surface area contributed by atoms with Crippen LogP contribution in [0.25, 0.3) is 11.3 Å². The van der Waals surface area contributed by atoms with E-state index in [0.717, 1.165) is 0 Å². The van der Waals surface area contributed by atoms with Crippen LogP contribution in [0.3, 0.4) is 0 Å². The van der Waals surface area contributed by atoms with Crippen molar-refractivity contribution in [3.8, 4) is 17.1 Å². The lowest BCUT2D eigenvalue weighted by Crippen LogP contribution is -2.18. The molecule has 148 valence electrons. The summed E-state index contributed by atoms with van der Waals surface area (Å²) in [6.45, 7) is 3.45. The highest BCUT2D eigenvalue weighted by Crippen LogP contribution is 2.31. The summed E-state index contributed by atoms with van der Waals surface area (Å²) in [4.78, 5) is 12.0. The molecule has 2 heterocycles. The zero-order chi connectivity index (χ0) is 20.3. The molecule has 0 aliphatic carbocycles.